The zero-order valence-electron chi connectivity index (χ0n) is 21.9. The Morgan fingerprint density at radius 3 is 2.73 bits per heavy atom. The summed E-state index contributed by atoms with van der Waals surface area (Å²) >= 11 is 1.56. The molecule has 40 heavy (non-hydrogen) atoms. The highest BCUT2D eigenvalue weighted by Gasteiger charge is 2.10. The van der Waals surface area contributed by atoms with Crippen molar-refractivity contribution in [3.05, 3.63) is 102 Å². The number of hydrogen-bond acceptors (Lipinski definition) is 8. The first-order chi connectivity index (χ1) is 19.4. The number of nitrogens with one attached hydrogen (secondary N) is 2. The molecule has 3 aromatic carbocycles. The summed E-state index contributed by atoms with van der Waals surface area (Å²) < 4.78 is 24.6. The van der Waals surface area contributed by atoms with E-state index in [1.165, 1.54) is 11.8 Å². The lowest BCUT2D eigenvalue weighted by Gasteiger charge is -2.11. The van der Waals surface area contributed by atoms with E-state index in [4.69, 9.17) is 4.98 Å². The van der Waals surface area contributed by atoms with Crippen LogP contribution in [0, 0.1) is 0 Å². The van der Waals surface area contributed by atoms with Crippen LogP contribution in [0.3, 0.4) is 0 Å². The maximum absolute atomic E-state index is 11.3. The van der Waals surface area contributed by atoms with Gasteiger partial charge in [-0.1, -0.05) is 42.5 Å². The Bertz CT molecular complexity index is 1900. The third-order valence-corrected chi connectivity index (χ3v) is 8.48. The molecule has 0 radical (unpaired) electrons. The molecule has 0 aliphatic heterocycles. The van der Waals surface area contributed by atoms with Gasteiger partial charge < -0.3 is 10.6 Å². The topological polar surface area (TPSA) is 102 Å². The van der Waals surface area contributed by atoms with Crippen LogP contribution in [0.25, 0.3) is 32.4 Å². The van der Waals surface area contributed by atoms with Crippen LogP contribution < -0.4 is 10.6 Å². The summed E-state index contributed by atoms with van der Waals surface area (Å²) in [6, 6.07) is 24.8. The second-order valence-electron chi connectivity index (χ2n) is 9.73. The minimum Gasteiger partial charge on any atom is -0.355 e. The average Bonchev–Trinajstić information content (AvgIpc) is 3.58. The van der Waals surface area contributed by atoms with Crippen LogP contribution in [0.4, 0.5) is 11.4 Å². The highest BCUT2D eigenvalue weighted by Crippen LogP contribution is 2.31. The van der Waals surface area contributed by atoms with Crippen molar-refractivity contribution in [1.29, 1.82) is 0 Å². The number of anilines is 2. The lowest BCUT2D eigenvalue weighted by Crippen LogP contribution is -2.22. The van der Waals surface area contributed by atoms with Gasteiger partial charge in [-0.3, -0.25) is 9.67 Å². The predicted molar refractivity (Wildman–Crippen MR) is 163 cm³/mol. The number of benzene rings is 3. The molecule has 0 saturated carbocycles. The van der Waals surface area contributed by atoms with E-state index in [0.717, 1.165) is 56.0 Å². The molecule has 8 nitrogen and oxygen atoms in total. The predicted octanol–water partition coefficient (Wildman–Crippen LogP) is 5.63. The normalized spacial score (nSPS) is 11.8. The Morgan fingerprint density at radius 1 is 1.00 bits per heavy atom. The van der Waals surface area contributed by atoms with E-state index >= 15 is 0 Å². The van der Waals surface area contributed by atoms with Gasteiger partial charge in [0.15, 0.2) is 0 Å². The van der Waals surface area contributed by atoms with Gasteiger partial charge in [-0.2, -0.15) is 5.10 Å². The molecule has 0 saturated heterocycles. The molecule has 6 aromatic rings. The summed E-state index contributed by atoms with van der Waals surface area (Å²) in [7, 11) is -2.98. The van der Waals surface area contributed by atoms with Crippen molar-refractivity contribution < 1.29 is 8.42 Å². The lowest BCUT2D eigenvalue weighted by molar-refractivity contribution is 0.596. The summed E-state index contributed by atoms with van der Waals surface area (Å²) in [6.45, 7) is 1.67. The van der Waals surface area contributed by atoms with Crippen molar-refractivity contribution in [2.24, 2.45) is 0 Å². The van der Waals surface area contributed by atoms with E-state index in [1.54, 1.807) is 11.3 Å². The van der Waals surface area contributed by atoms with Crippen molar-refractivity contribution in [2.45, 2.75) is 13.1 Å². The highest BCUT2D eigenvalue weighted by atomic mass is 32.2. The number of hydrogen-bond donors (Lipinski definition) is 2. The Morgan fingerprint density at radius 2 is 1.88 bits per heavy atom. The molecule has 0 aliphatic rings. The molecule has 3 aromatic heterocycles. The molecule has 0 aliphatic carbocycles. The van der Waals surface area contributed by atoms with E-state index in [9.17, 15) is 8.42 Å². The van der Waals surface area contributed by atoms with Crippen molar-refractivity contribution in [3.63, 3.8) is 0 Å². The summed E-state index contributed by atoms with van der Waals surface area (Å²) in [5, 5.41) is 16.3. The first-order valence-electron chi connectivity index (χ1n) is 12.9. The number of rotatable bonds is 10. The minimum atomic E-state index is -2.98. The van der Waals surface area contributed by atoms with Gasteiger partial charge in [0.25, 0.3) is 0 Å². The second-order valence-corrected chi connectivity index (χ2v) is 12.8. The summed E-state index contributed by atoms with van der Waals surface area (Å²) in [5.74, 6) is 0.114. The smallest absolute Gasteiger partial charge is 0.148 e. The van der Waals surface area contributed by atoms with Crippen molar-refractivity contribution in [3.8, 4) is 10.6 Å². The molecule has 0 atom stereocenters. The van der Waals surface area contributed by atoms with Crippen LogP contribution in [-0.4, -0.2) is 46.7 Å². The maximum Gasteiger partial charge on any atom is 0.148 e. The molecule has 0 unspecified atom stereocenters. The highest BCUT2D eigenvalue weighted by molar-refractivity contribution is 7.90. The molecule has 2 N–H and O–H groups in total. The number of aromatic nitrogens is 4. The van der Waals surface area contributed by atoms with Gasteiger partial charge in [0.05, 0.1) is 35.2 Å². The fourth-order valence-corrected chi connectivity index (χ4v) is 5.92. The van der Waals surface area contributed by atoms with Gasteiger partial charge in [0, 0.05) is 58.6 Å². The van der Waals surface area contributed by atoms with E-state index in [2.05, 4.69) is 69.2 Å². The molecular weight excluding hydrogens is 541 g/mol. The number of pyridine rings is 1. The Kier molecular flexibility index (Phi) is 7.29. The molecule has 6 rings (SSSR count). The van der Waals surface area contributed by atoms with Gasteiger partial charge in [0.1, 0.15) is 14.8 Å². The zero-order valence-corrected chi connectivity index (χ0v) is 23.5. The first-order valence-corrected chi connectivity index (χ1v) is 15.8. The van der Waals surface area contributed by atoms with E-state index in [1.807, 2.05) is 46.7 Å². The van der Waals surface area contributed by atoms with Crippen molar-refractivity contribution in [2.75, 3.05) is 23.9 Å². The number of thiazole rings is 1. The lowest BCUT2D eigenvalue weighted by atomic mass is 10.1. The molecule has 10 heteroatoms. The van der Waals surface area contributed by atoms with E-state index < -0.39 is 9.84 Å². The minimum absolute atomic E-state index is 0.114. The third-order valence-electron chi connectivity index (χ3n) is 6.59. The molecular formula is C30H28N6O2S2. The Hall–Kier alpha value is -4.12. The zero-order chi connectivity index (χ0) is 27.5. The van der Waals surface area contributed by atoms with Crippen LogP contribution >= 0.6 is 11.3 Å². The molecule has 0 spiro atoms. The summed E-state index contributed by atoms with van der Waals surface area (Å²) in [5.41, 5.74) is 7.02. The molecule has 0 amide bonds. The molecule has 202 valence electrons. The van der Waals surface area contributed by atoms with E-state index in [-0.39, 0.29) is 5.75 Å². The van der Waals surface area contributed by atoms with Crippen LogP contribution in [0.2, 0.25) is 0 Å². The van der Waals surface area contributed by atoms with Crippen LogP contribution in [0.1, 0.15) is 11.3 Å². The SMILES string of the molecule is CS(=O)(=O)CCNCc1csc(-c2ccc3c(Nc4ccc5c(cnn5Cc5ccccc5)c4)ccnc3c2)n1. The van der Waals surface area contributed by atoms with Crippen LogP contribution in [0.15, 0.2) is 90.6 Å². The standard InChI is InChI=1S/C30H28N6O2S2/c1-40(37,38)14-13-31-18-25-20-39-30(35-25)22-7-9-26-27(11-12-32-28(26)16-22)34-24-8-10-29-23(15-24)17-33-36(29)19-21-5-3-2-4-6-21/h2-12,15-17,20,31H,13-14,18-19H2,1H3,(H,32,34). The fourth-order valence-electron chi connectivity index (χ4n) is 4.59. The van der Waals surface area contributed by atoms with Gasteiger partial charge in [-0.25, -0.2) is 13.4 Å². The van der Waals surface area contributed by atoms with Crippen LogP contribution in [-0.2, 0) is 22.9 Å². The van der Waals surface area contributed by atoms with Crippen molar-refractivity contribution in [1.82, 2.24) is 25.1 Å². The first kappa shape index (κ1) is 26.1. The molecule has 3 heterocycles. The van der Waals surface area contributed by atoms with E-state index in [0.29, 0.717) is 13.1 Å². The third kappa shape index (κ3) is 6.04. The summed E-state index contributed by atoms with van der Waals surface area (Å²) in [4.78, 5) is 9.33. The quantitative estimate of drug-likeness (QED) is 0.206. The molecule has 0 fully saturated rings. The van der Waals surface area contributed by atoms with Gasteiger partial charge in [0.2, 0.25) is 0 Å². The van der Waals surface area contributed by atoms with Gasteiger partial charge in [-0.15, -0.1) is 11.3 Å². The van der Waals surface area contributed by atoms with Crippen LogP contribution in [0.5, 0.6) is 0 Å². The largest absolute Gasteiger partial charge is 0.355 e. The number of nitrogens with zero attached hydrogens (tertiary/aromatic N) is 4. The summed E-state index contributed by atoms with van der Waals surface area (Å²) in [6.07, 6.45) is 4.96. The maximum atomic E-state index is 11.3. The molecule has 0 bridgehead atoms. The van der Waals surface area contributed by atoms with Gasteiger partial charge in [-0.05, 0) is 35.9 Å². The van der Waals surface area contributed by atoms with Crippen molar-refractivity contribution >= 4 is 54.4 Å². The second kappa shape index (κ2) is 11.2. The number of fused-ring (bicyclic) bond motifs is 2. The number of sulfone groups is 1. The Labute approximate surface area is 236 Å². The Balaban J connectivity index is 1.17. The average molecular weight is 569 g/mol. The van der Waals surface area contributed by atoms with Gasteiger partial charge >= 0.3 is 0 Å². The monoisotopic (exact) mass is 568 g/mol. The fraction of sp³-hybridized carbons (Fsp3) is 0.167.